The molecule has 2 aliphatic rings. The molecule has 4 N–H and O–H groups in total. The van der Waals surface area contributed by atoms with Crippen molar-refractivity contribution in [2.45, 2.75) is 25.8 Å². The average molecular weight is 328 g/mol. The second-order valence-electron chi connectivity index (χ2n) is 6.35. The van der Waals surface area contributed by atoms with E-state index in [0.717, 1.165) is 48.4 Å². The summed E-state index contributed by atoms with van der Waals surface area (Å²) in [5, 5.41) is 4.35. The monoisotopic (exact) mass is 328 g/mol. The van der Waals surface area contributed by atoms with E-state index in [1.54, 1.807) is 11.4 Å². The molecule has 0 aromatic carbocycles. The van der Waals surface area contributed by atoms with Crippen LogP contribution in [0.1, 0.15) is 25.5 Å². The van der Waals surface area contributed by atoms with Crippen molar-refractivity contribution >= 4 is 28.6 Å². The lowest BCUT2D eigenvalue weighted by Gasteiger charge is -2.32. The predicted molar refractivity (Wildman–Crippen MR) is 90.4 cm³/mol. The summed E-state index contributed by atoms with van der Waals surface area (Å²) in [5.74, 6) is 0.123. The van der Waals surface area contributed by atoms with Gasteiger partial charge < -0.3 is 21.1 Å². The number of anilines is 2. The Morgan fingerprint density at radius 2 is 2.25 bits per heavy atom. The highest BCUT2D eigenvalue weighted by Gasteiger charge is 2.28. The van der Waals surface area contributed by atoms with E-state index < -0.39 is 0 Å². The van der Waals surface area contributed by atoms with Crippen LogP contribution in [0, 0.1) is 0 Å². The smallest absolute Gasteiger partial charge is 0.334 e. The molecule has 24 heavy (non-hydrogen) atoms. The number of fused-ring (bicyclic) bond motifs is 1. The zero-order valence-electron chi connectivity index (χ0n) is 13.5. The quantitative estimate of drug-likeness (QED) is 0.775. The maximum atomic E-state index is 11.7. The number of carbonyl (C=O) groups is 1. The van der Waals surface area contributed by atoms with Crippen LogP contribution in [-0.4, -0.2) is 46.3 Å². The van der Waals surface area contributed by atoms with Crippen molar-refractivity contribution in [3.8, 4) is 0 Å². The summed E-state index contributed by atoms with van der Waals surface area (Å²) >= 11 is 0. The largest absolute Gasteiger partial charge is 0.457 e. The van der Waals surface area contributed by atoms with Gasteiger partial charge in [-0.3, -0.25) is 0 Å². The summed E-state index contributed by atoms with van der Waals surface area (Å²) in [5.41, 5.74) is 16.2. The molecular weight excluding hydrogens is 308 g/mol. The Morgan fingerprint density at radius 3 is 2.96 bits per heavy atom. The molecule has 2 aromatic rings. The minimum atomic E-state index is -0.288. The molecule has 0 saturated carbocycles. The molecule has 0 bridgehead atoms. The van der Waals surface area contributed by atoms with Crippen LogP contribution in [0.15, 0.2) is 18.0 Å². The fourth-order valence-corrected chi connectivity index (χ4v) is 3.48. The van der Waals surface area contributed by atoms with Crippen LogP contribution < -0.4 is 16.4 Å². The number of piperidine rings is 1. The van der Waals surface area contributed by atoms with Gasteiger partial charge in [0.05, 0.1) is 11.4 Å². The molecule has 4 heterocycles. The Morgan fingerprint density at radius 1 is 1.42 bits per heavy atom. The van der Waals surface area contributed by atoms with Gasteiger partial charge in [-0.2, -0.15) is 5.10 Å². The lowest BCUT2D eigenvalue weighted by atomic mass is 10.1. The molecule has 1 saturated heterocycles. The molecule has 0 aliphatic carbocycles. The van der Waals surface area contributed by atoms with Gasteiger partial charge in [0.25, 0.3) is 0 Å². The van der Waals surface area contributed by atoms with Gasteiger partial charge in [0, 0.05) is 30.3 Å². The maximum absolute atomic E-state index is 11.7. The van der Waals surface area contributed by atoms with E-state index in [1.165, 1.54) is 6.33 Å². The standard InChI is InChI=1S/C16H20N6O2/c1-9-11(7-24-16(9)23)12-5-13(21-4-2-3-10(17)6-21)14-15(18)19-8-20-22(12)14/h5,8,10H,2-4,6-7,17H2,1H3,(H2,18,19,20). The fraction of sp³-hybridized carbons (Fsp3) is 0.438. The summed E-state index contributed by atoms with van der Waals surface area (Å²) in [4.78, 5) is 18.1. The zero-order chi connectivity index (χ0) is 16.8. The fourth-order valence-electron chi connectivity index (χ4n) is 3.48. The highest BCUT2D eigenvalue weighted by atomic mass is 16.5. The van der Waals surface area contributed by atoms with Crippen LogP contribution in [0.5, 0.6) is 0 Å². The third-order valence-corrected chi connectivity index (χ3v) is 4.78. The van der Waals surface area contributed by atoms with Crippen LogP contribution in [0.2, 0.25) is 0 Å². The lowest BCUT2D eigenvalue weighted by molar-refractivity contribution is -0.135. The number of nitrogen functional groups attached to an aromatic ring is 1. The highest BCUT2D eigenvalue weighted by Crippen LogP contribution is 2.35. The van der Waals surface area contributed by atoms with Crippen molar-refractivity contribution in [2.24, 2.45) is 5.73 Å². The minimum Gasteiger partial charge on any atom is -0.457 e. The molecule has 1 atom stereocenters. The lowest BCUT2D eigenvalue weighted by Crippen LogP contribution is -2.42. The second-order valence-corrected chi connectivity index (χ2v) is 6.35. The Kier molecular flexibility index (Phi) is 3.42. The van der Waals surface area contributed by atoms with Gasteiger partial charge in [-0.15, -0.1) is 0 Å². The zero-order valence-corrected chi connectivity index (χ0v) is 13.5. The van der Waals surface area contributed by atoms with Gasteiger partial charge >= 0.3 is 5.97 Å². The van der Waals surface area contributed by atoms with E-state index in [2.05, 4.69) is 15.0 Å². The molecule has 8 heteroatoms. The van der Waals surface area contributed by atoms with E-state index >= 15 is 0 Å². The summed E-state index contributed by atoms with van der Waals surface area (Å²) < 4.78 is 6.90. The van der Waals surface area contributed by atoms with Gasteiger partial charge in [-0.25, -0.2) is 14.3 Å². The molecule has 126 valence electrons. The van der Waals surface area contributed by atoms with E-state index in [0.29, 0.717) is 11.4 Å². The Labute approximate surface area is 139 Å². The van der Waals surface area contributed by atoms with E-state index in [1.807, 2.05) is 6.07 Å². The van der Waals surface area contributed by atoms with Crippen molar-refractivity contribution in [1.82, 2.24) is 14.6 Å². The first kappa shape index (κ1) is 14.9. The van der Waals surface area contributed by atoms with Crippen molar-refractivity contribution in [3.05, 3.63) is 23.7 Å². The first-order chi connectivity index (χ1) is 11.6. The highest BCUT2D eigenvalue weighted by molar-refractivity contribution is 6.02. The summed E-state index contributed by atoms with van der Waals surface area (Å²) in [6, 6.07) is 2.15. The summed E-state index contributed by atoms with van der Waals surface area (Å²) in [7, 11) is 0. The van der Waals surface area contributed by atoms with Crippen LogP contribution in [0.3, 0.4) is 0 Å². The van der Waals surface area contributed by atoms with E-state index in [4.69, 9.17) is 16.2 Å². The number of cyclic esters (lactones) is 1. The Bertz CT molecular complexity index is 856. The average Bonchev–Trinajstić information content (AvgIpc) is 3.10. The molecule has 4 rings (SSSR count). The third-order valence-electron chi connectivity index (χ3n) is 4.78. The number of nitrogens with two attached hydrogens (primary N) is 2. The predicted octanol–water partition coefficient (Wildman–Crippen LogP) is 0.569. The molecule has 0 spiro atoms. The number of rotatable bonds is 2. The molecule has 0 amide bonds. The molecule has 1 fully saturated rings. The number of hydrogen-bond acceptors (Lipinski definition) is 7. The van der Waals surface area contributed by atoms with Crippen molar-refractivity contribution in [2.75, 3.05) is 30.3 Å². The number of esters is 1. The number of carbonyl (C=O) groups excluding carboxylic acids is 1. The van der Waals surface area contributed by atoms with Crippen molar-refractivity contribution < 1.29 is 9.53 Å². The summed E-state index contributed by atoms with van der Waals surface area (Å²) in [6.45, 7) is 3.69. The number of aromatic nitrogens is 3. The van der Waals surface area contributed by atoms with Crippen LogP contribution in [0.25, 0.3) is 11.1 Å². The van der Waals surface area contributed by atoms with Gasteiger partial charge in [0.2, 0.25) is 0 Å². The molecular formula is C16H20N6O2. The van der Waals surface area contributed by atoms with Gasteiger partial charge in [-0.05, 0) is 25.8 Å². The van der Waals surface area contributed by atoms with Crippen molar-refractivity contribution in [1.29, 1.82) is 0 Å². The maximum Gasteiger partial charge on any atom is 0.334 e. The molecule has 2 aliphatic heterocycles. The Hall–Kier alpha value is -2.61. The summed E-state index contributed by atoms with van der Waals surface area (Å²) in [6.07, 6.45) is 3.48. The first-order valence-corrected chi connectivity index (χ1v) is 8.06. The first-order valence-electron chi connectivity index (χ1n) is 8.06. The Balaban J connectivity index is 1.91. The number of hydrogen-bond donors (Lipinski definition) is 2. The number of nitrogens with zero attached hydrogens (tertiary/aromatic N) is 4. The van der Waals surface area contributed by atoms with Gasteiger partial charge in [0.15, 0.2) is 5.82 Å². The van der Waals surface area contributed by atoms with E-state index in [9.17, 15) is 4.79 Å². The SMILES string of the molecule is CC1=C(c2cc(N3CCCC(N)C3)c3c(N)ncnn23)COC1=O. The molecule has 0 radical (unpaired) electrons. The second kappa shape index (κ2) is 5.48. The number of ether oxygens (including phenoxy) is 1. The van der Waals surface area contributed by atoms with Crippen LogP contribution >= 0.6 is 0 Å². The third kappa shape index (κ3) is 2.22. The van der Waals surface area contributed by atoms with Crippen LogP contribution in [0.4, 0.5) is 11.5 Å². The van der Waals surface area contributed by atoms with E-state index in [-0.39, 0.29) is 18.6 Å². The topological polar surface area (TPSA) is 112 Å². The minimum absolute atomic E-state index is 0.139. The van der Waals surface area contributed by atoms with Gasteiger partial charge in [0.1, 0.15) is 18.5 Å². The van der Waals surface area contributed by atoms with Crippen molar-refractivity contribution in [3.63, 3.8) is 0 Å². The molecule has 8 nitrogen and oxygen atoms in total. The van der Waals surface area contributed by atoms with Gasteiger partial charge in [-0.1, -0.05) is 0 Å². The van der Waals surface area contributed by atoms with Crippen LogP contribution in [-0.2, 0) is 9.53 Å². The molecule has 1 unspecified atom stereocenters. The normalized spacial score (nSPS) is 21.7. The molecule has 2 aromatic heterocycles.